The smallest absolute Gasteiger partial charge is 0.323 e. The van der Waals surface area contributed by atoms with E-state index in [1.54, 1.807) is 13.1 Å². The number of carbonyl (C=O) groups is 2. The molecule has 6 heteroatoms. The molecule has 0 atom stereocenters. The van der Waals surface area contributed by atoms with Gasteiger partial charge in [0.05, 0.1) is 5.69 Å². The Morgan fingerprint density at radius 3 is 2.53 bits per heavy atom. The molecule has 19 heavy (non-hydrogen) atoms. The van der Waals surface area contributed by atoms with Crippen molar-refractivity contribution in [2.45, 2.75) is 27.2 Å². The number of rotatable bonds is 6. The standard InChI is InChI=1S/C13H21N3O3/c1-5-10-6-11(15(4)14-10)13(19)16(7-9(2)3)8-12(17)18/h6,9H,5,7-8H2,1-4H3,(H,17,18). The number of hydrogen-bond donors (Lipinski definition) is 1. The lowest BCUT2D eigenvalue weighted by Crippen LogP contribution is -2.39. The first-order valence-corrected chi connectivity index (χ1v) is 6.39. The number of aliphatic carboxylic acids is 1. The zero-order chi connectivity index (χ0) is 14.6. The Kier molecular flexibility index (Phi) is 5.09. The number of carboxylic acid groups (broad SMARTS) is 1. The summed E-state index contributed by atoms with van der Waals surface area (Å²) in [7, 11) is 1.70. The molecule has 0 saturated carbocycles. The van der Waals surface area contributed by atoms with Gasteiger partial charge in [0.15, 0.2) is 0 Å². The maximum atomic E-state index is 12.4. The molecule has 0 aromatic carbocycles. The molecular weight excluding hydrogens is 246 g/mol. The van der Waals surface area contributed by atoms with E-state index in [0.29, 0.717) is 12.2 Å². The molecule has 0 spiro atoms. The van der Waals surface area contributed by atoms with Gasteiger partial charge < -0.3 is 10.0 Å². The molecular formula is C13H21N3O3. The number of carboxylic acids is 1. The summed E-state index contributed by atoms with van der Waals surface area (Å²) < 4.78 is 1.51. The van der Waals surface area contributed by atoms with Crippen molar-refractivity contribution in [1.82, 2.24) is 14.7 Å². The molecule has 1 heterocycles. The predicted molar refractivity (Wildman–Crippen MR) is 71.0 cm³/mol. The van der Waals surface area contributed by atoms with Crippen LogP contribution in [0.4, 0.5) is 0 Å². The average molecular weight is 267 g/mol. The van der Waals surface area contributed by atoms with E-state index in [1.165, 1.54) is 9.58 Å². The molecule has 0 saturated heterocycles. The highest BCUT2D eigenvalue weighted by Gasteiger charge is 2.22. The van der Waals surface area contributed by atoms with Crippen LogP contribution in [-0.4, -0.2) is 44.8 Å². The van der Waals surface area contributed by atoms with E-state index in [-0.39, 0.29) is 18.4 Å². The summed E-state index contributed by atoms with van der Waals surface area (Å²) in [6, 6.07) is 1.72. The zero-order valence-corrected chi connectivity index (χ0v) is 11.9. The minimum absolute atomic E-state index is 0.210. The van der Waals surface area contributed by atoms with E-state index >= 15 is 0 Å². The van der Waals surface area contributed by atoms with Gasteiger partial charge in [-0.15, -0.1) is 0 Å². The molecule has 6 nitrogen and oxygen atoms in total. The Morgan fingerprint density at radius 2 is 2.11 bits per heavy atom. The first-order valence-electron chi connectivity index (χ1n) is 6.39. The molecule has 0 aliphatic rings. The van der Waals surface area contributed by atoms with Crippen molar-refractivity contribution in [2.75, 3.05) is 13.1 Å². The summed E-state index contributed by atoms with van der Waals surface area (Å²) in [5.41, 5.74) is 1.25. The first-order chi connectivity index (χ1) is 8.85. The van der Waals surface area contributed by atoms with Gasteiger partial charge in [-0.05, 0) is 18.4 Å². The van der Waals surface area contributed by atoms with Gasteiger partial charge >= 0.3 is 5.97 Å². The predicted octanol–water partition coefficient (Wildman–Crippen LogP) is 1.17. The van der Waals surface area contributed by atoms with Crippen LogP contribution in [0.5, 0.6) is 0 Å². The molecule has 0 radical (unpaired) electrons. The summed E-state index contributed by atoms with van der Waals surface area (Å²) in [6.45, 7) is 5.98. The maximum absolute atomic E-state index is 12.4. The van der Waals surface area contributed by atoms with Gasteiger partial charge in [0.25, 0.3) is 5.91 Å². The highest BCUT2D eigenvalue weighted by atomic mass is 16.4. The largest absolute Gasteiger partial charge is 0.480 e. The third-order valence-electron chi connectivity index (χ3n) is 2.71. The van der Waals surface area contributed by atoms with Crippen molar-refractivity contribution in [1.29, 1.82) is 0 Å². The quantitative estimate of drug-likeness (QED) is 0.839. The van der Waals surface area contributed by atoms with Crippen LogP contribution < -0.4 is 0 Å². The number of aromatic nitrogens is 2. The molecule has 1 aromatic rings. The Hall–Kier alpha value is -1.85. The Labute approximate surface area is 113 Å². The molecule has 1 aromatic heterocycles. The second-order valence-corrected chi connectivity index (χ2v) is 4.97. The fraction of sp³-hybridized carbons (Fsp3) is 0.615. The number of nitrogens with zero attached hydrogens (tertiary/aromatic N) is 3. The Balaban J connectivity index is 2.96. The monoisotopic (exact) mass is 267 g/mol. The minimum Gasteiger partial charge on any atom is -0.480 e. The van der Waals surface area contributed by atoms with E-state index in [0.717, 1.165) is 12.1 Å². The Morgan fingerprint density at radius 1 is 1.47 bits per heavy atom. The maximum Gasteiger partial charge on any atom is 0.323 e. The number of amides is 1. The van der Waals surface area contributed by atoms with Crippen LogP contribution in [0, 0.1) is 5.92 Å². The second-order valence-electron chi connectivity index (χ2n) is 4.97. The lowest BCUT2D eigenvalue weighted by molar-refractivity contribution is -0.137. The first kappa shape index (κ1) is 15.2. The summed E-state index contributed by atoms with van der Waals surface area (Å²) in [4.78, 5) is 24.6. The van der Waals surface area contributed by atoms with Crippen LogP contribution >= 0.6 is 0 Å². The topological polar surface area (TPSA) is 75.4 Å². The summed E-state index contributed by atoms with van der Waals surface area (Å²) >= 11 is 0. The van der Waals surface area contributed by atoms with Crippen molar-refractivity contribution >= 4 is 11.9 Å². The molecule has 0 bridgehead atoms. The third-order valence-corrected chi connectivity index (χ3v) is 2.71. The minimum atomic E-state index is -1.01. The van der Waals surface area contributed by atoms with Crippen molar-refractivity contribution < 1.29 is 14.7 Å². The highest BCUT2D eigenvalue weighted by molar-refractivity contribution is 5.94. The van der Waals surface area contributed by atoms with E-state index in [9.17, 15) is 9.59 Å². The van der Waals surface area contributed by atoms with Gasteiger partial charge in [-0.1, -0.05) is 20.8 Å². The molecule has 1 rings (SSSR count). The van der Waals surface area contributed by atoms with Gasteiger partial charge in [0.2, 0.25) is 0 Å². The Bertz CT molecular complexity index is 466. The molecule has 0 unspecified atom stereocenters. The van der Waals surface area contributed by atoms with Gasteiger partial charge in [0, 0.05) is 13.6 Å². The van der Waals surface area contributed by atoms with Crippen LogP contribution in [0.1, 0.15) is 37.0 Å². The van der Waals surface area contributed by atoms with E-state index < -0.39 is 5.97 Å². The zero-order valence-electron chi connectivity index (χ0n) is 11.9. The van der Waals surface area contributed by atoms with Crippen molar-refractivity contribution in [2.24, 2.45) is 13.0 Å². The van der Waals surface area contributed by atoms with Gasteiger partial charge in [-0.3, -0.25) is 14.3 Å². The van der Waals surface area contributed by atoms with E-state index in [4.69, 9.17) is 5.11 Å². The normalized spacial score (nSPS) is 10.8. The van der Waals surface area contributed by atoms with Crippen molar-refractivity contribution in [3.05, 3.63) is 17.5 Å². The lowest BCUT2D eigenvalue weighted by atomic mass is 10.2. The van der Waals surface area contributed by atoms with E-state index in [2.05, 4.69) is 5.10 Å². The van der Waals surface area contributed by atoms with Crippen LogP contribution in [0.2, 0.25) is 0 Å². The van der Waals surface area contributed by atoms with Crippen LogP contribution in [-0.2, 0) is 18.3 Å². The fourth-order valence-corrected chi connectivity index (χ4v) is 1.88. The molecule has 0 fully saturated rings. The van der Waals surface area contributed by atoms with Crippen LogP contribution in [0.3, 0.4) is 0 Å². The van der Waals surface area contributed by atoms with Crippen molar-refractivity contribution in [3.63, 3.8) is 0 Å². The fourth-order valence-electron chi connectivity index (χ4n) is 1.88. The van der Waals surface area contributed by atoms with Crippen LogP contribution in [0.15, 0.2) is 6.07 Å². The molecule has 0 aliphatic carbocycles. The lowest BCUT2D eigenvalue weighted by Gasteiger charge is -2.22. The second kappa shape index (κ2) is 6.36. The molecule has 1 amide bonds. The summed E-state index contributed by atoms with van der Waals surface area (Å²) in [6.07, 6.45) is 0.740. The van der Waals surface area contributed by atoms with E-state index in [1.807, 2.05) is 20.8 Å². The molecule has 1 N–H and O–H groups in total. The molecule has 0 aliphatic heterocycles. The average Bonchev–Trinajstić information content (AvgIpc) is 2.67. The highest BCUT2D eigenvalue weighted by Crippen LogP contribution is 2.09. The number of carbonyl (C=O) groups excluding carboxylic acids is 1. The van der Waals surface area contributed by atoms with Crippen LogP contribution in [0.25, 0.3) is 0 Å². The number of hydrogen-bond acceptors (Lipinski definition) is 3. The summed E-state index contributed by atoms with van der Waals surface area (Å²) in [5, 5.41) is 13.1. The summed E-state index contributed by atoms with van der Waals surface area (Å²) in [5.74, 6) is -1.08. The van der Waals surface area contributed by atoms with Gasteiger partial charge in [-0.25, -0.2) is 0 Å². The van der Waals surface area contributed by atoms with Gasteiger partial charge in [-0.2, -0.15) is 5.10 Å². The third kappa shape index (κ3) is 4.08. The number of aryl methyl sites for hydroxylation is 2. The van der Waals surface area contributed by atoms with Gasteiger partial charge in [0.1, 0.15) is 12.2 Å². The SMILES string of the molecule is CCc1cc(C(=O)N(CC(=O)O)CC(C)C)n(C)n1. The van der Waals surface area contributed by atoms with Crippen molar-refractivity contribution in [3.8, 4) is 0 Å². The molecule has 106 valence electrons.